The fourth-order valence-corrected chi connectivity index (χ4v) is 2.54. The van der Waals surface area contributed by atoms with Gasteiger partial charge in [-0.15, -0.1) is 0 Å². The van der Waals surface area contributed by atoms with Gasteiger partial charge in [-0.2, -0.15) is 5.10 Å². The fourth-order valence-electron chi connectivity index (χ4n) is 2.54. The van der Waals surface area contributed by atoms with Crippen LogP contribution in [0.15, 0.2) is 65.5 Å². The van der Waals surface area contributed by atoms with E-state index in [0.29, 0.717) is 17.0 Å². The normalized spacial score (nSPS) is 16.1. The molecule has 0 atom stereocenters. The molecule has 5 heteroatoms. The summed E-state index contributed by atoms with van der Waals surface area (Å²) in [5.41, 5.74) is 6.25. The van der Waals surface area contributed by atoms with Gasteiger partial charge in [0.15, 0.2) is 0 Å². The first-order valence-corrected chi connectivity index (χ1v) is 6.90. The smallest absolute Gasteiger partial charge is 0.273 e. The summed E-state index contributed by atoms with van der Waals surface area (Å²) in [6.45, 7) is 0. The number of nitrogens with one attached hydrogen (secondary N) is 2. The first kappa shape index (κ1) is 12.5. The van der Waals surface area contributed by atoms with Gasteiger partial charge in [0.1, 0.15) is 5.71 Å². The maximum Gasteiger partial charge on any atom is 0.273 e. The number of carbonyl (C=O) groups is 1. The molecule has 0 fully saturated rings. The van der Waals surface area contributed by atoms with E-state index in [-0.39, 0.29) is 5.91 Å². The number of para-hydroxylation sites is 1. The lowest BCUT2D eigenvalue weighted by Crippen LogP contribution is -2.13. The Hall–Kier alpha value is -3.21. The molecular formula is C17H12N4O. The van der Waals surface area contributed by atoms with E-state index in [2.05, 4.69) is 20.5 Å². The number of rotatable bonds is 2. The molecule has 0 radical (unpaired) electrons. The van der Waals surface area contributed by atoms with Crippen molar-refractivity contribution in [1.29, 1.82) is 0 Å². The molecule has 2 aromatic heterocycles. The number of nitrogens with zero attached hydrogens (tertiary/aromatic N) is 2. The predicted octanol–water partition coefficient (Wildman–Crippen LogP) is 2.48. The second kappa shape index (κ2) is 4.96. The van der Waals surface area contributed by atoms with Gasteiger partial charge in [0.25, 0.3) is 5.91 Å². The highest BCUT2D eigenvalue weighted by atomic mass is 16.2. The van der Waals surface area contributed by atoms with Crippen molar-refractivity contribution in [1.82, 2.24) is 15.4 Å². The number of aromatic amines is 1. The van der Waals surface area contributed by atoms with Crippen LogP contribution < -0.4 is 5.43 Å². The molecule has 0 saturated carbocycles. The molecule has 4 rings (SSSR count). The largest absolute Gasteiger partial charge is 0.361 e. The lowest BCUT2D eigenvalue weighted by atomic mass is 10.0. The molecule has 22 heavy (non-hydrogen) atoms. The van der Waals surface area contributed by atoms with Crippen molar-refractivity contribution in [3.63, 3.8) is 0 Å². The van der Waals surface area contributed by atoms with E-state index in [1.54, 1.807) is 6.20 Å². The van der Waals surface area contributed by atoms with Gasteiger partial charge in [0, 0.05) is 28.9 Å². The third kappa shape index (κ3) is 2.00. The van der Waals surface area contributed by atoms with Gasteiger partial charge in [0.05, 0.1) is 11.3 Å². The Morgan fingerprint density at radius 1 is 1.05 bits per heavy atom. The van der Waals surface area contributed by atoms with Crippen molar-refractivity contribution in [3.05, 3.63) is 71.7 Å². The van der Waals surface area contributed by atoms with Crippen LogP contribution in [0.5, 0.6) is 0 Å². The molecule has 1 aliphatic rings. The Morgan fingerprint density at radius 2 is 1.91 bits per heavy atom. The zero-order chi connectivity index (χ0) is 14.9. The molecule has 0 saturated heterocycles. The average Bonchev–Trinajstić information content (AvgIpc) is 3.14. The third-order valence-electron chi connectivity index (χ3n) is 3.60. The average molecular weight is 288 g/mol. The summed E-state index contributed by atoms with van der Waals surface area (Å²) in [5, 5.41) is 5.17. The summed E-state index contributed by atoms with van der Waals surface area (Å²) in [6, 6.07) is 13.5. The van der Waals surface area contributed by atoms with Crippen LogP contribution in [0.25, 0.3) is 17.0 Å². The zero-order valence-electron chi connectivity index (χ0n) is 11.6. The highest BCUT2D eigenvalue weighted by molar-refractivity contribution is 6.32. The van der Waals surface area contributed by atoms with Crippen LogP contribution in [-0.4, -0.2) is 21.6 Å². The molecular weight excluding hydrogens is 276 g/mol. The molecule has 3 aromatic rings. The number of aromatic nitrogens is 2. The van der Waals surface area contributed by atoms with E-state index < -0.39 is 0 Å². The van der Waals surface area contributed by atoms with Crippen LogP contribution in [0.1, 0.15) is 11.3 Å². The number of hydrogen-bond donors (Lipinski definition) is 2. The molecule has 2 N–H and O–H groups in total. The highest BCUT2D eigenvalue weighted by Gasteiger charge is 2.25. The van der Waals surface area contributed by atoms with E-state index in [4.69, 9.17) is 0 Å². The topological polar surface area (TPSA) is 70.1 Å². The number of hydrogen-bond acceptors (Lipinski definition) is 3. The van der Waals surface area contributed by atoms with E-state index in [1.807, 2.05) is 54.7 Å². The number of hydrazone groups is 1. The molecule has 0 unspecified atom stereocenters. The van der Waals surface area contributed by atoms with E-state index in [9.17, 15) is 4.79 Å². The zero-order valence-corrected chi connectivity index (χ0v) is 11.6. The summed E-state index contributed by atoms with van der Waals surface area (Å²) in [5.74, 6) is -0.217. The molecule has 3 heterocycles. The van der Waals surface area contributed by atoms with Gasteiger partial charge in [-0.05, 0) is 24.3 Å². The minimum Gasteiger partial charge on any atom is -0.361 e. The van der Waals surface area contributed by atoms with E-state index >= 15 is 0 Å². The quantitative estimate of drug-likeness (QED) is 0.711. The van der Waals surface area contributed by atoms with Crippen molar-refractivity contribution < 1.29 is 4.79 Å². The van der Waals surface area contributed by atoms with Crippen molar-refractivity contribution in [2.45, 2.75) is 0 Å². The van der Waals surface area contributed by atoms with Crippen LogP contribution in [-0.2, 0) is 4.79 Å². The Labute approximate surface area is 126 Å². The van der Waals surface area contributed by atoms with Crippen molar-refractivity contribution in [2.75, 3.05) is 0 Å². The Morgan fingerprint density at radius 3 is 2.77 bits per heavy atom. The van der Waals surface area contributed by atoms with Gasteiger partial charge < -0.3 is 4.98 Å². The van der Waals surface area contributed by atoms with Gasteiger partial charge in [-0.25, -0.2) is 5.43 Å². The molecule has 0 aliphatic carbocycles. The lowest BCUT2D eigenvalue weighted by Gasteiger charge is -2.00. The Balaban J connectivity index is 1.83. The fraction of sp³-hybridized carbons (Fsp3) is 0. The van der Waals surface area contributed by atoms with Crippen LogP contribution >= 0.6 is 0 Å². The van der Waals surface area contributed by atoms with Crippen LogP contribution in [0, 0.1) is 0 Å². The monoisotopic (exact) mass is 288 g/mol. The first-order valence-electron chi connectivity index (χ1n) is 6.90. The summed E-state index contributed by atoms with van der Waals surface area (Å²) >= 11 is 0. The van der Waals surface area contributed by atoms with Gasteiger partial charge in [-0.1, -0.05) is 24.3 Å². The van der Waals surface area contributed by atoms with Crippen LogP contribution in [0.4, 0.5) is 0 Å². The number of fused-ring (bicyclic) bond motifs is 1. The van der Waals surface area contributed by atoms with Gasteiger partial charge in [0.2, 0.25) is 0 Å². The van der Waals surface area contributed by atoms with E-state index in [0.717, 1.165) is 16.5 Å². The molecule has 1 aliphatic heterocycles. The molecule has 5 nitrogen and oxygen atoms in total. The molecule has 1 aromatic carbocycles. The summed E-state index contributed by atoms with van der Waals surface area (Å²) in [7, 11) is 0. The second-order valence-corrected chi connectivity index (χ2v) is 4.96. The first-order chi connectivity index (χ1) is 10.8. The Kier molecular flexibility index (Phi) is 2.83. The molecule has 0 bridgehead atoms. The minimum absolute atomic E-state index is 0.217. The maximum absolute atomic E-state index is 12.1. The molecule has 1 amide bonds. The second-order valence-electron chi connectivity index (χ2n) is 4.96. The molecule has 106 valence electrons. The van der Waals surface area contributed by atoms with E-state index in [1.165, 1.54) is 0 Å². The highest BCUT2D eigenvalue weighted by Crippen LogP contribution is 2.23. The van der Waals surface area contributed by atoms with Crippen molar-refractivity contribution in [2.24, 2.45) is 5.10 Å². The number of carbonyl (C=O) groups excluding carboxylic acids is 1. The predicted molar refractivity (Wildman–Crippen MR) is 85.2 cm³/mol. The maximum atomic E-state index is 12.1. The Bertz CT molecular complexity index is 922. The SMILES string of the molecule is O=C1NN=C(c2ccccn2)/C1=C/c1c[nH]c2ccccc12. The number of benzene rings is 1. The van der Waals surface area contributed by atoms with Gasteiger partial charge in [-0.3, -0.25) is 9.78 Å². The lowest BCUT2D eigenvalue weighted by molar-refractivity contribution is -0.116. The number of H-pyrrole nitrogens is 1. The van der Waals surface area contributed by atoms with Gasteiger partial charge >= 0.3 is 0 Å². The minimum atomic E-state index is -0.217. The van der Waals surface area contributed by atoms with Crippen molar-refractivity contribution in [3.8, 4) is 0 Å². The standard InChI is InChI=1S/C17H12N4O/c22-17-13(16(20-21-17)15-7-3-4-8-18-15)9-11-10-19-14-6-2-1-5-12(11)14/h1-10,19H,(H,21,22)/b13-9-. The summed E-state index contributed by atoms with van der Waals surface area (Å²) < 4.78 is 0. The summed E-state index contributed by atoms with van der Waals surface area (Å²) in [6.07, 6.45) is 5.41. The van der Waals surface area contributed by atoms with Crippen molar-refractivity contribution >= 4 is 28.6 Å². The third-order valence-corrected chi connectivity index (χ3v) is 3.60. The number of amides is 1. The number of pyridine rings is 1. The summed E-state index contributed by atoms with van der Waals surface area (Å²) in [4.78, 5) is 19.6. The molecule has 0 spiro atoms. The van der Waals surface area contributed by atoms with Crippen LogP contribution in [0.2, 0.25) is 0 Å². The van der Waals surface area contributed by atoms with Crippen LogP contribution in [0.3, 0.4) is 0 Å².